The highest BCUT2D eigenvalue weighted by Gasteiger charge is 2.13. The molecule has 6 heteroatoms. The summed E-state index contributed by atoms with van der Waals surface area (Å²) >= 11 is 8.35. The topological polar surface area (TPSA) is 63.9 Å². The van der Waals surface area contributed by atoms with Crippen molar-refractivity contribution in [2.75, 3.05) is 12.3 Å². The third-order valence-electron chi connectivity index (χ3n) is 2.25. The second-order valence-corrected chi connectivity index (χ2v) is 4.86. The first-order chi connectivity index (χ1) is 8.13. The lowest BCUT2D eigenvalue weighted by Crippen LogP contribution is -1.92. The van der Waals surface area contributed by atoms with Crippen LogP contribution in [0.1, 0.15) is 6.92 Å². The highest BCUT2D eigenvalue weighted by molar-refractivity contribution is 14.1. The predicted octanol–water partition coefficient (Wildman–Crippen LogP) is 3.32. The van der Waals surface area contributed by atoms with E-state index in [1.54, 1.807) is 6.07 Å². The Kier molecular flexibility index (Phi) is 3.78. The van der Waals surface area contributed by atoms with Crippen molar-refractivity contribution in [1.29, 1.82) is 0 Å². The Balaban J connectivity index is 2.43. The van der Waals surface area contributed by atoms with Crippen LogP contribution in [0.2, 0.25) is 5.02 Å². The van der Waals surface area contributed by atoms with Crippen molar-refractivity contribution in [2.24, 2.45) is 0 Å². The summed E-state index contributed by atoms with van der Waals surface area (Å²) < 4.78 is 6.25. The largest absolute Gasteiger partial charge is 0.494 e. The van der Waals surface area contributed by atoms with Gasteiger partial charge >= 0.3 is 0 Å². The smallest absolute Gasteiger partial charge is 0.159 e. The summed E-state index contributed by atoms with van der Waals surface area (Å²) in [5.74, 6) is 1.23. The fraction of sp³-hybridized carbons (Fsp3) is 0.182. The molecule has 1 heterocycles. The normalized spacial score (nSPS) is 10.5. The summed E-state index contributed by atoms with van der Waals surface area (Å²) in [5.41, 5.74) is 7.38. The molecule has 0 spiro atoms. The second-order valence-electron chi connectivity index (χ2n) is 3.37. The number of halogens is 2. The van der Waals surface area contributed by atoms with Gasteiger partial charge in [-0.1, -0.05) is 11.6 Å². The van der Waals surface area contributed by atoms with E-state index in [2.05, 4.69) is 32.8 Å². The van der Waals surface area contributed by atoms with Gasteiger partial charge in [0.15, 0.2) is 5.82 Å². The van der Waals surface area contributed by atoms with E-state index in [9.17, 15) is 0 Å². The molecule has 0 aliphatic heterocycles. The number of hydrogen-bond acceptors (Lipinski definition) is 3. The maximum Gasteiger partial charge on any atom is 0.159 e. The van der Waals surface area contributed by atoms with Crippen molar-refractivity contribution in [2.45, 2.75) is 6.92 Å². The SMILES string of the molecule is CCOc1ccc(-c2[nH]nc(N)c2I)c(Cl)c1. The average Bonchev–Trinajstić information content (AvgIpc) is 2.61. The Morgan fingerprint density at radius 2 is 2.29 bits per heavy atom. The van der Waals surface area contributed by atoms with Crippen LogP contribution in [0.15, 0.2) is 18.2 Å². The molecule has 3 N–H and O–H groups in total. The van der Waals surface area contributed by atoms with Gasteiger partial charge in [-0.15, -0.1) is 0 Å². The van der Waals surface area contributed by atoms with Crippen molar-refractivity contribution < 1.29 is 4.74 Å². The Morgan fingerprint density at radius 3 is 2.82 bits per heavy atom. The van der Waals surface area contributed by atoms with E-state index in [4.69, 9.17) is 22.1 Å². The van der Waals surface area contributed by atoms with E-state index in [-0.39, 0.29) is 0 Å². The van der Waals surface area contributed by atoms with Gasteiger partial charge in [-0.3, -0.25) is 5.10 Å². The minimum Gasteiger partial charge on any atom is -0.494 e. The molecular formula is C11H11ClIN3O. The van der Waals surface area contributed by atoms with Gasteiger partial charge < -0.3 is 10.5 Å². The van der Waals surface area contributed by atoms with Crippen molar-refractivity contribution in [1.82, 2.24) is 10.2 Å². The Labute approximate surface area is 118 Å². The fourth-order valence-corrected chi connectivity index (χ4v) is 2.27. The van der Waals surface area contributed by atoms with Crippen LogP contribution in [-0.4, -0.2) is 16.8 Å². The maximum atomic E-state index is 6.21. The van der Waals surface area contributed by atoms with Crippen LogP contribution in [0.5, 0.6) is 5.75 Å². The molecule has 0 aliphatic rings. The maximum absolute atomic E-state index is 6.21. The standard InChI is InChI=1S/C11H11ClIN3O/c1-2-17-6-3-4-7(8(12)5-6)10-9(13)11(14)16-15-10/h3-5H,2H2,1H3,(H3,14,15,16). The molecule has 0 aliphatic carbocycles. The molecule has 0 amide bonds. The van der Waals surface area contributed by atoms with E-state index < -0.39 is 0 Å². The summed E-state index contributed by atoms with van der Waals surface area (Å²) in [7, 11) is 0. The first-order valence-electron chi connectivity index (χ1n) is 5.05. The number of nitrogens with one attached hydrogen (secondary N) is 1. The summed E-state index contributed by atoms with van der Waals surface area (Å²) in [6.07, 6.45) is 0. The number of nitrogens with two attached hydrogens (primary N) is 1. The number of nitrogen functional groups attached to an aromatic ring is 1. The monoisotopic (exact) mass is 363 g/mol. The number of nitrogens with zero attached hydrogens (tertiary/aromatic N) is 1. The molecule has 0 bridgehead atoms. The van der Waals surface area contributed by atoms with Crippen LogP contribution < -0.4 is 10.5 Å². The molecule has 0 saturated heterocycles. The van der Waals surface area contributed by atoms with Gasteiger partial charge in [0.05, 0.1) is 20.9 Å². The lowest BCUT2D eigenvalue weighted by atomic mass is 10.1. The number of anilines is 1. The highest BCUT2D eigenvalue weighted by Crippen LogP contribution is 2.34. The number of aromatic amines is 1. The van der Waals surface area contributed by atoms with Gasteiger partial charge in [-0.25, -0.2) is 0 Å². The first kappa shape index (κ1) is 12.5. The first-order valence-corrected chi connectivity index (χ1v) is 6.51. The molecular weight excluding hydrogens is 352 g/mol. The molecule has 1 aromatic heterocycles. The van der Waals surface area contributed by atoms with E-state index in [1.807, 2.05) is 19.1 Å². The van der Waals surface area contributed by atoms with E-state index in [0.717, 1.165) is 20.6 Å². The number of aromatic nitrogens is 2. The van der Waals surface area contributed by atoms with Crippen LogP contribution in [0.3, 0.4) is 0 Å². The van der Waals surface area contributed by atoms with Crippen LogP contribution in [0.4, 0.5) is 5.82 Å². The van der Waals surface area contributed by atoms with Gasteiger partial charge in [0.25, 0.3) is 0 Å². The lowest BCUT2D eigenvalue weighted by Gasteiger charge is -2.06. The van der Waals surface area contributed by atoms with Crippen LogP contribution in [0.25, 0.3) is 11.3 Å². The molecule has 1 aromatic carbocycles. The molecule has 0 fully saturated rings. The van der Waals surface area contributed by atoms with Gasteiger partial charge in [0.1, 0.15) is 5.75 Å². The molecule has 0 radical (unpaired) electrons. The number of rotatable bonds is 3. The third-order valence-corrected chi connectivity index (χ3v) is 3.66. The van der Waals surface area contributed by atoms with Crippen molar-refractivity contribution in [3.05, 3.63) is 26.8 Å². The molecule has 2 rings (SSSR count). The Morgan fingerprint density at radius 1 is 1.53 bits per heavy atom. The van der Waals surface area contributed by atoms with E-state index in [0.29, 0.717) is 17.4 Å². The van der Waals surface area contributed by atoms with Gasteiger partial charge in [-0.05, 0) is 47.7 Å². The number of ether oxygens (including phenoxy) is 1. The summed E-state index contributed by atoms with van der Waals surface area (Å²) in [6.45, 7) is 2.55. The lowest BCUT2D eigenvalue weighted by molar-refractivity contribution is 0.340. The summed E-state index contributed by atoms with van der Waals surface area (Å²) in [5, 5.41) is 7.43. The van der Waals surface area contributed by atoms with Crippen LogP contribution in [-0.2, 0) is 0 Å². The number of hydrogen-bond donors (Lipinski definition) is 2. The minimum absolute atomic E-state index is 0.477. The minimum atomic E-state index is 0.477. The molecule has 0 saturated carbocycles. The Hall–Kier alpha value is -0.950. The molecule has 0 atom stereocenters. The van der Waals surface area contributed by atoms with E-state index >= 15 is 0 Å². The quantitative estimate of drug-likeness (QED) is 0.822. The molecule has 17 heavy (non-hydrogen) atoms. The number of benzene rings is 1. The fourth-order valence-electron chi connectivity index (χ4n) is 1.48. The summed E-state index contributed by atoms with van der Waals surface area (Å²) in [4.78, 5) is 0. The molecule has 4 nitrogen and oxygen atoms in total. The highest BCUT2D eigenvalue weighted by atomic mass is 127. The average molecular weight is 364 g/mol. The Bertz CT molecular complexity index is 542. The zero-order valence-corrected chi connectivity index (χ0v) is 12.0. The van der Waals surface area contributed by atoms with Gasteiger partial charge in [0.2, 0.25) is 0 Å². The zero-order valence-electron chi connectivity index (χ0n) is 9.13. The van der Waals surface area contributed by atoms with Crippen molar-refractivity contribution >= 4 is 40.0 Å². The van der Waals surface area contributed by atoms with E-state index in [1.165, 1.54) is 0 Å². The zero-order chi connectivity index (χ0) is 12.4. The van der Waals surface area contributed by atoms with Crippen molar-refractivity contribution in [3.63, 3.8) is 0 Å². The summed E-state index contributed by atoms with van der Waals surface area (Å²) in [6, 6.07) is 5.55. The van der Waals surface area contributed by atoms with Crippen LogP contribution in [0, 0.1) is 3.57 Å². The van der Waals surface area contributed by atoms with Crippen molar-refractivity contribution in [3.8, 4) is 17.0 Å². The van der Waals surface area contributed by atoms with Gasteiger partial charge in [-0.2, -0.15) is 5.10 Å². The number of H-pyrrole nitrogens is 1. The molecule has 2 aromatic rings. The van der Waals surface area contributed by atoms with Crippen LogP contribution >= 0.6 is 34.2 Å². The van der Waals surface area contributed by atoms with Gasteiger partial charge in [0, 0.05) is 5.56 Å². The molecule has 90 valence electrons. The third kappa shape index (κ3) is 2.50. The second kappa shape index (κ2) is 5.14. The molecule has 0 unspecified atom stereocenters. The predicted molar refractivity (Wildman–Crippen MR) is 77.3 cm³/mol.